The lowest BCUT2D eigenvalue weighted by Gasteiger charge is -2.47. The van der Waals surface area contributed by atoms with E-state index in [-0.39, 0.29) is 17.0 Å². The van der Waals surface area contributed by atoms with Crippen LogP contribution in [0.3, 0.4) is 0 Å². The van der Waals surface area contributed by atoms with Gasteiger partial charge in [-0.05, 0) is 131 Å². The van der Waals surface area contributed by atoms with Crippen LogP contribution in [-0.4, -0.2) is 11.6 Å². The topological polar surface area (TPSA) is 26.3 Å². The lowest BCUT2D eigenvalue weighted by atomic mass is 9.58. The van der Waals surface area contributed by atoms with Gasteiger partial charge in [0.25, 0.3) is 0 Å². The van der Waals surface area contributed by atoms with Crippen LogP contribution in [0.15, 0.2) is 11.6 Å². The number of carbonyl (C=O) groups excluding carboxylic acids is 1. The van der Waals surface area contributed by atoms with E-state index in [1.807, 2.05) is 0 Å². The molecular formula is C34H54O2. The summed E-state index contributed by atoms with van der Waals surface area (Å²) in [6.07, 6.45) is 27.0. The van der Waals surface area contributed by atoms with Gasteiger partial charge in [-0.25, -0.2) is 4.79 Å². The van der Waals surface area contributed by atoms with Crippen molar-refractivity contribution >= 4 is 5.97 Å². The van der Waals surface area contributed by atoms with Crippen molar-refractivity contribution in [3.05, 3.63) is 11.6 Å². The van der Waals surface area contributed by atoms with Gasteiger partial charge in [0.05, 0.1) is 0 Å². The van der Waals surface area contributed by atoms with Gasteiger partial charge in [-0.15, -0.1) is 0 Å². The summed E-state index contributed by atoms with van der Waals surface area (Å²) in [5.74, 6) is 6.40. The third-order valence-corrected chi connectivity index (χ3v) is 13.1. The van der Waals surface area contributed by atoms with Crippen LogP contribution in [0.25, 0.3) is 0 Å². The molecule has 0 aromatic carbocycles. The molecule has 202 valence electrons. The summed E-state index contributed by atoms with van der Waals surface area (Å²) < 4.78 is 6.77. The minimum atomic E-state index is -0.276. The van der Waals surface area contributed by atoms with E-state index in [1.54, 1.807) is 0 Å². The van der Waals surface area contributed by atoms with Crippen LogP contribution < -0.4 is 0 Å². The van der Waals surface area contributed by atoms with Gasteiger partial charge < -0.3 is 4.74 Å². The molecule has 0 N–H and O–H groups in total. The van der Waals surface area contributed by atoms with Crippen molar-refractivity contribution in [3.63, 3.8) is 0 Å². The minimum Gasteiger partial charge on any atom is -0.455 e. The highest BCUT2D eigenvalue weighted by Crippen LogP contribution is 2.64. The maximum absolute atomic E-state index is 14.0. The fourth-order valence-electron chi connectivity index (χ4n) is 11.2. The van der Waals surface area contributed by atoms with E-state index in [0.29, 0.717) is 11.8 Å². The quantitative estimate of drug-likeness (QED) is 0.260. The molecular weight excluding hydrogens is 440 g/mol. The summed E-state index contributed by atoms with van der Waals surface area (Å²) in [7, 11) is 0. The standard InChI is InChI=1S/C34H54O2/c1-23(32(35)36-34(3,28-10-6-4-7-11-28)29-12-8-5-9-13-29)22-33(2,30-20-24-14-16-26(30)18-24)31-21-25-15-17-27(31)19-25/h22,24-31H,4-21H2,1-3H3. The van der Waals surface area contributed by atoms with Crippen LogP contribution in [0.4, 0.5) is 0 Å². The Morgan fingerprint density at radius 3 is 1.53 bits per heavy atom. The second-order valence-electron chi connectivity index (χ2n) is 15.0. The first kappa shape index (κ1) is 25.5. The van der Waals surface area contributed by atoms with Crippen LogP contribution in [0, 0.1) is 52.8 Å². The second kappa shape index (κ2) is 10.1. The monoisotopic (exact) mass is 494 g/mol. The molecule has 0 saturated heterocycles. The molecule has 6 aliphatic carbocycles. The Morgan fingerprint density at radius 2 is 1.14 bits per heavy atom. The highest BCUT2D eigenvalue weighted by Gasteiger charge is 2.55. The molecule has 6 unspecified atom stereocenters. The second-order valence-corrected chi connectivity index (χ2v) is 15.0. The van der Waals surface area contributed by atoms with Gasteiger partial charge in [-0.2, -0.15) is 0 Å². The molecule has 2 nitrogen and oxygen atoms in total. The molecule has 0 aromatic rings. The Bertz CT molecular complexity index is 782. The molecule has 0 amide bonds. The van der Waals surface area contributed by atoms with E-state index in [4.69, 9.17) is 4.74 Å². The summed E-state index contributed by atoms with van der Waals surface area (Å²) in [6, 6.07) is 0. The Labute approximate surface area is 221 Å². The highest BCUT2D eigenvalue weighted by molar-refractivity contribution is 5.88. The summed E-state index contributed by atoms with van der Waals surface area (Å²) in [4.78, 5) is 14.0. The van der Waals surface area contributed by atoms with E-state index in [1.165, 1.54) is 116 Å². The van der Waals surface area contributed by atoms with E-state index in [9.17, 15) is 4.79 Å². The van der Waals surface area contributed by atoms with Crippen molar-refractivity contribution in [1.82, 2.24) is 0 Å². The zero-order valence-electron chi connectivity index (χ0n) is 23.7. The number of allylic oxidation sites excluding steroid dienone is 1. The van der Waals surface area contributed by atoms with Gasteiger partial charge in [-0.1, -0.05) is 64.4 Å². The fraction of sp³-hybridized carbons (Fsp3) is 0.912. The predicted molar refractivity (Wildman–Crippen MR) is 147 cm³/mol. The van der Waals surface area contributed by atoms with Crippen LogP contribution in [-0.2, 0) is 9.53 Å². The molecule has 0 spiro atoms. The van der Waals surface area contributed by atoms with Crippen LogP contribution in [0.5, 0.6) is 0 Å². The fourth-order valence-corrected chi connectivity index (χ4v) is 11.2. The first-order chi connectivity index (χ1) is 17.4. The molecule has 6 saturated carbocycles. The van der Waals surface area contributed by atoms with Crippen molar-refractivity contribution in [2.45, 2.75) is 142 Å². The maximum atomic E-state index is 14.0. The SMILES string of the molecule is CC(=CC(C)(C1CC2CCC1C2)C1CC2CCC1C2)C(=O)OC(C)(C1CCCCC1)C1CCCCC1. The third-order valence-electron chi connectivity index (χ3n) is 13.1. The molecule has 6 rings (SSSR count). The normalized spacial score (nSPS) is 39.5. The summed E-state index contributed by atoms with van der Waals surface area (Å²) in [5.41, 5.74) is 0.831. The summed E-state index contributed by atoms with van der Waals surface area (Å²) in [6.45, 7) is 7.04. The summed E-state index contributed by atoms with van der Waals surface area (Å²) in [5, 5.41) is 0. The van der Waals surface area contributed by atoms with Crippen molar-refractivity contribution in [1.29, 1.82) is 0 Å². The number of hydrogen-bond donors (Lipinski definition) is 0. The predicted octanol–water partition coefficient (Wildman–Crippen LogP) is 9.27. The molecule has 4 bridgehead atoms. The average Bonchev–Trinajstić information content (AvgIpc) is 3.72. The molecule has 36 heavy (non-hydrogen) atoms. The van der Waals surface area contributed by atoms with Crippen molar-refractivity contribution in [2.24, 2.45) is 52.8 Å². The van der Waals surface area contributed by atoms with Crippen LogP contribution in [0.1, 0.15) is 136 Å². The Hall–Kier alpha value is -0.790. The molecule has 6 atom stereocenters. The number of esters is 1. The molecule has 6 aliphatic rings. The van der Waals surface area contributed by atoms with Gasteiger partial charge in [0, 0.05) is 5.57 Å². The van der Waals surface area contributed by atoms with Crippen LogP contribution in [0.2, 0.25) is 0 Å². The molecule has 0 heterocycles. The molecule has 0 radical (unpaired) electrons. The zero-order chi connectivity index (χ0) is 24.9. The first-order valence-corrected chi connectivity index (χ1v) is 16.3. The van der Waals surface area contributed by atoms with E-state index in [2.05, 4.69) is 26.8 Å². The van der Waals surface area contributed by atoms with E-state index >= 15 is 0 Å². The minimum absolute atomic E-state index is 0.0196. The molecule has 0 aliphatic heterocycles. The number of ether oxygens (including phenoxy) is 1. The number of carbonyl (C=O) groups is 1. The number of fused-ring (bicyclic) bond motifs is 4. The van der Waals surface area contributed by atoms with Crippen molar-refractivity contribution < 1.29 is 9.53 Å². The molecule has 2 heteroatoms. The van der Waals surface area contributed by atoms with Crippen molar-refractivity contribution in [3.8, 4) is 0 Å². The van der Waals surface area contributed by atoms with E-state index < -0.39 is 0 Å². The maximum Gasteiger partial charge on any atom is 0.333 e. The Balaban J connectivity index is 1.26. The lowest BCUT2D eigenvalue weighted by molar-refractivity contribution is -0.171. The van der Waals surface area contributed by atoms with E-state index in [0.717, 1.165) is 41.1 Å². The number of hydrogen-bond acceptors (Lipinski definition) is 2. The van der Waals surface area contributed by atoms with Crippen LogP contribution >= 0.6 is 0 Å². The lowest BCUT2D eigenvalue weighted by Crippen LogP contribution is -2.48. The smallest absolute Gasteiger partial charge is 0.333 e. The first-order valence-electron chi connectivity index (χ1n) is 16.3. The largest absolute Gasteiger partial charge is 0.455 e. The number of rotatable bonds is 7. The molecule has 6 fully saturated rings. The Morgan fingerprint density at radius 1 is 0.667 bits per heavy atom. The van der Waals surface area contributed by atoms with Gasteiger partial charge in [0.2, 0.25) is 0 Å². The zero-order valence-corrected chi connectivity index (χ0v) is 23.7. The van der Waals surface area contributed by atoms with Gasteiger partial charge in [0.1, 0.15) is 5.60 Å². The van der Waals surface area contributed by atoms with Crippen molar-refractivity contribution in [2.75, 3.05) is 0 Å². The third kappa shape index (κ3) is 4.53. The Kier molecular flexibility index (Phi) is 7.13. The van der Waals surface area contributed by atoms with Gasteiger partial charge >= 0.3 is 5.97 Å². The average molecular weight is 495 g/mol. The summed E-state index contributed by atoms with van der Waals surface area (Å²) >= 11 is 0. The molecule has 0 aromatic heterocycles. The van der Waals surface area contributed by atoms with Gasteiger partial charge in [0.15, 0.2) is 0 Å². The van der Waals surface area contributed by atoms with Gasteiger partial charge in [-0.3, -0.25) is 0 Å². The highest BCUT2D eigenvalue weighted by atomic mass is 16.6.